The van der Waals surface area contributed by atoms with E-state index in [1.54, 1.807) is 29.2 Å². The van der Waals surface area contributed by atoms with Gasteiger partial charge in [-0.05, 0) is 12.1 Å². The quantitative estimate of drug-likeness (QED) is 0.536. The Balaban J connectivity index is 1.86. The number of benzene rings is 1. The van der Waals surface area contributed by atoms with Crippen LogP contribution in [0.2, 0.25) is 5.02 Å². The van der Waals surface area contributed by atoms with E-state index in [1.165, 1.54) is 18.2 Å². The van der Waals surface area contributed by atoms with Gasteiger partial charge in [-0.25, -0.2) is 0 Å². The molecule has 116 valence electrons. The van der Waals surface area contributed by atoms with Crippen molar-refractivity contribution in [3.8, 4) is 22.8 Å². The number of rotatable bonds is 4. The predicted octanol–water partition coefficient (Wildman–Crippen LogP) is 3.84. The second-order valence-electron chi connectivity index (χ2n) is 4.75. The van der Waals surface area contributed by atoms with Gasteiger partial charge in [0.05, 0.1) is 16.8 Å². The maximum atomic E-state index is 10.8. The molecule has 0 aliphatic rings. The number of halogens is 1. The van der Waals surface area contributed by atoms with Gasteiger partial charge in [0, 0.05) is 43.2 Å². The van der Waals surface area contributed by atoms with Crippen LogP contribution in [0.1, 0.15) is 0 Å². The Labute approximate surface area is 136 Å². The molecule has 8 heteroatoms. The lowest BCUT2D eigenvalue weighted by atomic mass is 10.2. The van der Waals surface area contributed by atoms with Crippen LogP contribution in [0.3, 0.4) is 0 Å². The summed E-state index contributed by atoms with van der Waals surface area (Å²) in [6.45, 7) is 0. The summed E-state index contributed by atoms with van der Waals surface area (Å²) in [7, 11) is 1.82. The number of hydrogen-bond donors (Lipinski definition) is 0. The monoisotopic (exact) mass is 330 g/mol. The zero-order valence-electron chi connectivity index (χ0n) is 12.0. The Morgan fingerprint density at radius 1 is 1.26 bits per heavy atom. The minimum atomic E-state index is -0.543. The predicted molar refractivity (Wildman–Crippen MR) is 84.6 cm³/mol. The summed E-state index contributed by atoms with van der Waals surface area (Å²) in [6.07, 6.45) is 5.16. The van der Waals surface area contributed by atoms with Gasteiger partial charge in [-0.1, -0.05) is 11.6 Å². The molecular weight excluding hydrogens is 320 g/mol. The van der Waals surface area contributed by atoms with Crippen LogP contribution >= 0.6 is 11.6 Å². The summed E-state index contributed by atoms with van der Waals surface area (Å²) in [4.78, 5) is 14.5. The first-order valence-corrected chi connectivity index (χ1v) is 6.97. The van der Waals surface area contributed by atoms with Crippen molar-refractivity contribution in [1.29, 1.82) is 0 Å². The number of nitro groups is 1. The molecule has 0 bridgehead atoms. The molecule has 0 N–H and O–H groups in total. The zero-order valence-corrected chi connectivity index (χ0v) is 12.8. The Hall–Kier alpha value is -2.93. The lowest BCUT2D eigenvalue weighted by molar-refractivity contribution is -0.384. The van der Waals surface area contributed by atoms with Crippen LogP contribution in [-0.4, -0.2) is 19.7 Å². The van der Waals surface area contributed by atoms with E-state index in [9.17, 15) is 10.1 Å². The normalized spacial score (nSPS) is 10.5. The van der Waals surface area contributed by atoms with Gasteiger partial charge in [0.15, 0.2) is 0 Å². The van der Waals surface area contributed by atoms with Crippen molar-refractivity contribution in [3.05, 3.63) is 64.1 Å². The molecular formula is C15H11ClN4O3. The summed E-state index contributed by atoms with van der Waals surface area (Å²) in [5.74, 6) is 0.952. The number of nitro benzene ring substituents is 1. The molecule has 1 aromatic carbocycles. The highest BCUT2D eigenvalue weighted by Crippen LogP contribution is 2.31. The van der Waals surface area contributed by atoms with Gasteiger partial charge in [0.1, 0.15) is 16.5 Å². The Bertz CT molecular complexity index is 879. The highest BCUT2D eigenvalue weighted by atomic mass is 35.5. The first-order valence-electron chi connectivity index (χ1n) is 6.60. The van der Waals surface area contributed by atoms with Crippen molar-refractivity contribution in [1.82, 2.24) is 14.8 Å². The molecule has 2 heterocycles. The van der Waals surface area contributed by atoms with E-state index in [-0.39, 0.29) is 10.7 Å². The Morgan fingerprint density at radius 2 is 2.04 bits per heavy atom. The summed E-state index contributed by atoms with van der Waals surface area (Å²) in [5, 5.41) is 14.9. The van der Waals surface area contributed by atoms with Crippen molar-refractivity contribution in [2.45, 2.75) is 0 Å². The maximum absolute atomic E-state index is 10.8. The largest absolute Gasteiger partial charge is 0.457 e. The second kappa shape index (κ2) is 6.05. The molecule has 0 aliphatic carbocycles. The lowest BCUT2D eigenvalue weighted by Crippen LogP contribution is -1.91. The number of nitrogens with zero attached hydrogens (tertiary/aromatic N) is 4. The van der Waals surface area contributed by atoms with Crippen LogP contribution in [0.25, 0.3) is 11.3 Å². The van der Waals surface area contributed by atoms with E-state index in [4.69, 9.17) is 16.3 Å². The topological polar surface area (TPSA) is 83.1 Å². The molecule has 0 atom stereocenters. The van der Waals surface area contributed by atoms with E-state index >= 15 is 0 Å². The average Bonchev–Trinajstić information content (AvgIpc) is 2.94. The second-order valence-corrected chi connectivity index (χ2v) is 5.16. The van der Waals surface area contributed by atoms with Gasteiger partial charge in [-0.2, -0.15) is 5.10 Å². The van der Waals surface area contributed by atoms with Crippen LogP contribution in [0.15, 0.2) is 48.9 Å². The number of hydrogen-bond acceptors (Lipinski definition) is 5. The number of aromatic nitrogens is 3. The zero-order chi connectivity index (χ0) is 16.4. The fourth-order valence-electron chi connectivity index (χ4n) is 2.02. The van der Waals surface area contributed by atoms with Gasteiger partial charge in [-0.15, -0.1) is 0 Å². The number of aryl methyl sites for hydroxylation is 1. The minimum Gasteiger partial charge on any atom is -0.457 e. The third-order valence-electron chi connectivity index (χ3n) is 3.08. The van der Waals surface area contributed by atoms with Crippen molar-refractivity contribution >= 4 is 17.3 Å². The van der Waals surface area contributed by atoms with Gasteiger partial charge in [-0.3, -0.25) is 19.8 Å². The SMILES string of the molecule is Cn1cc(-c2cc(Oc3ccc([N+](=O)[O-])c(Cl)c3)ccn2)cn1. The first kappa shape index (κ1) is 15.0. The van der Waals surface area contributed by atoms with E-state index in [2.05, 4.69) is 10.1 Å². The molecule has 0 radical (unpaired) electrons. The Morgan fingerprint density at radius 3 is 2.70 bits per heavy atom. The van der Waals surface area contributed by atoms with Crippen LogP contribution in [0.4, 0.5) is 5.69 Å². The molecule has 0 aliphatic heterocycles. The van der Waals surface area contributed by atoms with Crippen molar-refractivity contribution in [2.24, 2.45) is 7.05 Å². The molecule has 3 aromatic rings. The van der Waals surface area contributed by atoms with Crippen molar-refractivity contribution < 1.29 is 9.66 Å². The van der Waals surface area contributed by atoms with Crippen LogP contribution in [0, 0.1) is 10.1 Å². The fourth-order valence-corrected chi connectivity index (χ4v) is 2.26. The molecule has 0 spiro atoms. The van der Waals surface area contributed by atoms with Gasteiger partial charge >= 0.3 is 0 Å². The molecule has 7 nitrogen and oxygen atoms in total. The van der Waals surface area contributed by atoms with Crippen LogP contribution in [0.5, 0.6) is 11.5 Å². The van der Waals surface area contributed by atoms with Crippen LogP contribution in [-0.2, 0) is 7.05 Å². The summed E-state index contributed by atoms with van der Waals surface area (Å²) >= 11 is 5.88. The van der Waals surface area contributed by atoms with E-state index in [0.717, 1.165) is 5.56 Å². The minimum absolute atomic E-state index is 0.0223. The smallest absolute Gasteiger partial charge is 0.288 e. The van der Waals surface area contributed by atoms with Gasteiger partial charge in [0.2, 0.25) is 0 Å². The molecule has 2 aromatic heterocycles. The van der Waals surface area contributed by atoms with Gasteiger partial charge < -0.3 is 4.74 Å². The Kier molecular flexibility index (Phi) is 3.94. The summed E-state index contributed by atoms with van der Waals surface area (Å²) < 4.78 is 7.37. The average molecular weight is 331 g/mol. The standard InChI is InChI=1S/C15H11ClN4O3/c1-19-9-10(8-18-19)14-7-12(4-5-17-14)23-11-2-3-15(20(21)22)13(16)6-11/h2-9H,1H3. The summed E-state index contributed by atoms with van der Waals surface area (Å²) in [6, 6.07) is 7.65. The number of pyridine rings is 1. The highest BCUT2D eigenvalue weighted by Gasteiger charge is 2.13. The van der Waals surface area contributed by atoms with E-state index in [0.29, 0.717) is 17.2 Å². The highest BCUT2D eigenvalue weighted by molar-refractivity contribution is 6.32. The van der Waals surface area contributed by atoms with E-state index < -0.39 is 4.92 Å². The lowest BCUT2D eigenvalue weighted by Gasteiger charge is -2.07. The van der Waals surface area contributed by atoms with Gasteiger partial charge in [0.25, 0.3) is 5.69 Å². The van der Waals surface area contributed by atoms with Crippen molar-refractivity contribution in [2.75, 3.05) is 0 Å². The molecule has 0 saturated heterocycles. The molecule has 0 unspecified atom stereocenters. The molecule has 0 fully saturated rings. The van der Waals surface area contributed by atoms with Crippen LogP contribution < -0.4 is 4.74 Å². The third-order valence-corrected chi connectivity index (χ3v) is 3.39. The molecule has 0 amide bonds. The summed E-state index contributed by atoms with van der Waals surface area (Å²) in [5.41, 5.74) is 1.41. The third kappa shape index (κ3) is 3.29. The number of ether oxygens (including phenoxy) is 1. The molecule has 3 rings (SSSR count). The first-order chi connectivity index (χ1) is 11.0. The molecule has 23 heavy (non-hydrogen) atoms. The fraction of sp³-hybridized carbons (Fsp3) is 0.0667. The maximum Gasteiger partial charge on any atom is 0.288 e. The van der Waals surface area contributed by atoms with E-state index in [1.807, 2.05) is 13.2 Å². The van der Waals surface area contributed by atoms with Crippen molar-refractivity contribution in [3.63, 3.8) is 0 Å². The molecule has 0 saturated carbocycles.